The first-order chi connectivity index (χ1) is 30.5. The van der Waals surface area contributed by atoms with Gasteiger partial charge in [0.2, 0.25) is 0 Å². The molecule has 0 unspecified atom stereocenters. The maximum absolute atomic E-state index is 14.4. The zero-order valence-corrected chi connectivity index (χ0v) is 37.2. The maximum Gasteiger partial charge on any atom is 0.259 e. The zero-order chi connectivity index (χ0) is 44.5. The number of hydrogen-bond acceptors (Lipinski definition) is 7. The number of carbonyl (C=O) groups is 2. The second-order valence-electron chi connectivity index (χ2n) is 16.5. The number of hydrogen-bond donors (Lipinski definition) is 3. The molecule has 1 aromatic heterocycles. The van der Waals surface area contributed by atoms with Crippen LogP contribution in [0.1, 0.15) is 99.3 Å². The summed E-state index contributed by atoms with van der Waals surface area (Å²) in [6.07, 6.45) is 1.76. The molecule has 326 valence electrons. The third-order valence-electron chi connectivity index (χ3n) is 11.7. The van der Waals surface area contributed by atoms with E-state index in [0.717, 1.165) is 69.7 Å². The number of aryl methyl sites for hydroxylation is 2. The van der Waals surface area contributed by atoms with Crippen molar-refractivity contribution in [1.29, 1.82) is 0 Å². The van der Waals surface area contributed by atoms with Crippen LogP contribution in [0.3, 0.4) is 0 Å². The maximum atomic E-state index is 14.4. The number of anilines is 2. The molecule has 5 aromatic carbocycles. The van der Waals surface area contributed by atoms with Crippen molar-refractivity contribution >= 4 is 23.2 Å². The monoisotopic (exact) mass is 846 g/mol. The number of nitrogens with one attached hydrogen (secondary N) is 3. The number of nitrogens with zero attached hydrogens (tertiary/aromatic N) is 1. The average molecular weight is 847 g/mol. The van der Waals surface area contributed by atoms with Crippen LogP contribution in [0.5, 0.6) is 11.5 Å². The van der Waals surface area contributed by atoms with E-state index in [1.165, 1.54) is 0 Å². The van der Waals surface area contributed by atoms with Gasteiger partial charge in [0.1, 0.15) is 24.7 Å². The van der Waals surface area contributed by atoms with E-state index in [9.17, 15) is 14.4 Å². The molecule has 10 nitrogen and oxygen atoms in total. The molecule has 6 aromatic rings. The van der Waals surface area contributed by atoms with Crippen LogP contribution in [0.2, 0.25) is 0 Å². The summed E-state index contributed by atoms with van der Waals surface area (Å²) in [5, 5.41) is 6.19. The van der Waals surface area contributed by atoms with Crippen molar-refractivity contribution in [3.8, 4) is 22.6 Å². The van der Waals surface area contributed by atoms with Gasteiger partial charge in [-0.05, 0) is 122 Å². The molecule has 0 radical (unpaired) electrons. The summed E-state index contributed by atoms with van der Waals surface area (Å²) in [6.45, 7) is 14.8. The van der Waals surface area contributed by atoms with E-state index in [1.54, 1.807) is 0 Å². The quantitative estimate of drug-likeness (QED) is 0.0887. The number of pyridine rings is 1. The first kappa shape index (κ1) is 44.4. The molecular formula is C53H58N4O6. The average Bonchev–Trinajstić information content (AvgIpc) is 3.28. The number of H-pyrrole nitrogens is 1. The molecule has 0 atom stereocenters. The Morgan fingerprint density at radius 3 is 2.06 bits per heavy atom. The Balaban J connectivity index is 1.22. The predicted molar refractivity (Wildman–Crippen MR) is 251 cm³/mol. The highest BCUT2D eigenvalue weighted by Gasteiger charge is 2.26. The Bertz CT molecular complexity index is 2600. The van der Waals surface area contributed by atoms with Gasteiger partial charge in [0.05, 0.1) is 5.56 Å². The first-order valence-electron chi connectivity index (χ1n) is 21.9. The molecule has 10 heteroatoms. The predicted octanol–water partition coefficient (Wildman–Crippen LogP) is 10.4. The van der Waals surface area contributed by atoms with Crippen molar-refractivity contribution in [1.82, 2.24) is 10.3 Å². The van der Waals surface area contributed by atoms with Crippen LogP contribution in [-0.4, -0.2) is 42.6 Å². The summed E-state index contributed by atoms with van der Waals surface area (Å²) >= 11 is 0. The Kier molecular flexibility index (Phi) is 14.4. The number of aromatic nitrogens is 1. The lowest BCUT2D eigenvalue weighted by molar-refractivity contribution is 0.0845. The normalized spacial score (nSPS) is 12.8. The third-order valence-corrected chi connectivity index (χ3v) is 11.7. The summed E-state index contributed by atoms with van der Waals surface area (Å²) in [5.74, 6) is 0.529. The Morgan fingerprint density at radius 1 is 0.762 bits per heavy atom. The minimum atomic E-state index is -0.325. The van der Waals surface area contributed by atoms with Crippen molar-refractivity contribution in [2.75, 3.05) is 30.0 Å². The molecule has 7 rings (SSSR count). The number of amides is 2. The van der Waals surface area contributed by atoms with Crippen LogP contribution in [0, 0.1) is 20.8 Å². The Morgan fingerprint density at radius 2 is 1.43 bits per heavy atom. The van der Waals surface area contributed by atoms with Crippen LogP contribution >= 0.6 is 0 Å². The number of rotatable bonds is 16. The number of carbonyl (C=O) groups excluding carboxylic acids is 2. The fourth-order valence-corrected chi connectivity index (χ4v) is 8.28. The summed E-state index contributed by atoms with van der Waals surface area (Å²) in [5.41, 5.74) is 9.74. The van der Waals surface area contributed by atoms with E-state index >= 15 is 0 Å². The van der Waals surface area contributed by atoms with Crippen molar-refractivity contribution in [3.63, 3.8) is 0 Å². The molecule has 3 N–H and O–H groups in total. The molecule has 1 aliphatic heterocycles. The number of ether oxygens (including phenoxy) is 3. The van der Waals surface area contributed by atoms with Gasteiger partial charge >= 0.3 is 0 Å². The molecule has 1 fully saturated rings. The molecule has 1 aliphatic rings. The second-order valence-corrected chi connectivity index (χ2v) is 16.5. The number of benzene rings is 5. The van der Waals surface area contributed by atoms with E-state index in [4.69, 9.17) is 14.2 Å². The minimum absolute atomic E-state index is 0.0568. The van der Waals surface area contributed by atoms with Crippen molar-refractivity contribution < 1.29 is 23.8 Å². The smallest absolute Gasteiger partial charge is 0.259 e. The van der Waals surface area contributed by atoms with Crippen LogP contribution in [0.4, 0.5) is 11.4 Å². The van der Waals surface area contributed by atoms with Crippen molar-refractivity contribution in [2.45, 2.75) is 86.1 Å². The first-order valence-corrected chi connectivity index (χ1v) is 21.9. The van der Waals surface area contributed by atoms with Crippen LogP contribution < -0.4 is 30.6 Å². The van der Waals surface area contributed by atoms with Gasteiger partial charge in [-0.2, -0.15) is 0 Å². The van der Waals surface area contributed by atoms with Crippen LogP contribution in [0.25, 0.3) is 11.1 Å². The van der Waals surface area contributed by atoms with E-state index in [0.29, 0.717) is 53.7 Å². The molecule has 2 heterocycles. The van der Waals surface area contributed by atoms with Gasteiger partial charge in [0, 0.05) is 66.6 Å². The van der Waals surface area contributed by atoms with Gasteiger partial charge in [-0.3, -0.25) is 14.4 Å². The summed E-state index contributed by atoms with van der Waals surface area (Å²) in [7, 11) is 0. The lowest BCUT2D eigenvalue weighted by atomic mass is 9.95. The fraction of sp³-hybridized carbons (Fsp3) is 0.302. The van der Waals surface area contributed by atoms with E-state index in [2.05, 4.69) is 47.4 Å². The van der Waals surface area contributed by atoms with Gasteiger partial charge < -0.3 is 34.7 Å². The molecular weight excluding hydrogens is 789 g/mol. The lowest BCUT2D eigenvalue weighted by Crippen LogP contribution is -2.40. The summed E-state index contributed by atoms with van der Waals surface area (Å²) < 4.78 is 18.5. The fourth-order valence-electron chi connectivity index (χ4n) is 8.28. The lowest BCUT2D eigenvalue weighted by Gasteiger charge is -2.37. The third kappa shape index (κ3) is 10.9. The standard InChI is InChI=1S/C53H58N4O6/c1-7-57(43-21-23-61-24-22-43)48-28-41(27-45(37(48)6)51(58)54-31-47-35(4)25-36(5)55-53(47)60)40-19-14-20-42(26-40)56-52(59)46-29-44(34(2)3)49(62-32-38-15-10-8-11-16-38)30-50(46)63-33-39-17-12-9-13-18-39/h8-20,25-30,34,43H,7,21-24,31-33H2,1-6H3,(H,54,58)(H,55,60)(H,56,59). The van der Waals surface area contributed by atoms with Gasteiger partial charge in [0.15, 0.2) is 0 Å². The van der Waals surface area contributed by atoms with Crippen LogP contribution in [0.15, 0.2) is 120 Å². The highest BCUT2D eigenvalue weighted by Crippen LogP contribution is 2.37. The highest BCUT2D eigenvalue weighted by atomic mass is 16.5. The second kappa shape index (κ2) is 20.5. The molecule has 1 saturated heterocycles. The largest absolute Gasteiger partial charge is 0.488 e. The zero-order valence-electron chi connectivity index (χ0n) is 37.2. The Labute approximate surface area is 370 Å². The topological polar surface area (TPSA) is 122 Å². The molecule has 2 amide bonds. The van der Waals surface area contributed by atoms with Crippen molar-refractivity contribution in [3.05, 3.63) is 176 Å². The van der Waals surface area contributed by atoms with Crippen LogP contribution in [-0.2, 0) is 24.5 Å². The minimum Gasteiger partial charge on any atom is -0.488 e. The summed E-state index contributed by atoms with van der Waals surface area (Å²) in [4.78, 5) is 46.7. The molecule has 0 aliphatic carbocycles. The molecule has 0 bridgehead atoms. The SMILES string of the molecule is CCN(c1cc(-c2cccc(NC(=O)c3cc(C(C)C)c(OCc4ccccc4)cc3OCc3ccccc3)c2)cc(C(=O)NCc2c(C)cc(C)[nH]c2=O)c1C)C1CCOCC1. The number of aromatic amines is 1. The molecule has 0 saturated carbocycles. The van der Waals surface area contributed by atoms with Gasteiger partial charge in [-0.1, -0.05) is 86.6 Å². The molecule has 0 spiro atoms. The van der Waals surface area contributed by atoms with E-state index < -0.39 is 0 Å². The molecule has 63 heavy (non-hydrogen) atoms. The summed E-state index contributed by atoms with van der Waals surface area (Å²) in [6, 6.07) is 37.4. The Hall–Kier alpha value is -6.65. The van der Waals surface area contributed by atoms with Gasteiger partial charge in [-0.25, -0.2) is 0 Å². The highest BCUT2D eigenvalue weighted by molar-refractivity contribution is 6.07. The van der Waals surface area contributed by atoms with Crippen molar-refractivity contribution in [2.24, 2.45) is 0 Å². The van der Waals surface area contributed by atoms with E-state index in [1.807, 2.05) is 130 Å². The van der Waals surface area contributed by atoms with E-state index in [-0.39, 0.29) is 42.5 Å². The van der Waals surface area contributed by atoms with Gasteiger partial charge in [-0.15, -0.1) is 0 Å². The van der Waals surface area contributed by atoms with Gasteiger partial charge in [0.25, 0.3) is 17.4 Å².